The Labute approximate surface area is 245 Å². The molecule has 12 heteroatoms. The summed E-state index contributed by atoms with van der Waals surface area (Å²) in [7, 11) is 0. The highest BCUT2D eigenvalue weighted by Gasteiger charge is 2.53. The largest absolute Gasteiger partial charge is 0.464 e. The highest BCUT2D eigenvalue weighted by Crippen LogP contribution is 2.38. The van der Waals surface area contributed by atoms with Gasteiger partial charge in [0.25, 0.3) is 0 Å². The van der Waals surface area contributed by atoms with Gasteiger partial charge in [0.05, 0.1) is 11.8 Å². The summed E-state index contributed by atoms with van der Waals surface area (Å²) in [5.41, 5.74) is 2.61. The number of furan rings is 1. The summed E-state index contributed by atoms with van der Waals surface area (Å²) in [6, 6.07) is 12.0. The van der Waals surface area contributed by atoms with Gasteiger partial charge in [0.15, 0.2) is 24.5 Å². The first kappa shape index (κ1) is 29.8. The first-order valence-electron chi connectivity index (χ1n) is 13.6. The van der Waals surface area contributed by atoms with E-state index in [0.29, 0.717) is 22.9 Å². The number of esters is 4. The number of rotatable bonds is 8. The van der Waals surface area contributed by atoms with Gasteiger partial charge in [-0.15, -0.1) is 0 Å². The standard InChI is InChI=1S/C31H30FNO10/c1-16(34)39-15-26-28(40-17(2)35)29(41-18(3)36)30(42-19(4)37)31(43-26)33-14-22(27-23(32)6-5-7-24(27)33)13-20-8-9-25-21(12-20)10-11-38-25/h5-12,14,26,28-31H,13,15H2,1-4H3/t26-,28-,29+,30-,31-/m1/s1. The van der Waals surface area contributed by atoms with Crippen LogP contribution in [0.5, 0.6) is 0 Å². The first-order chi connectivity index (χ1) is 20.5. The zero-order valence-electron chi connectivity index (χ0n) is 23.9. The molecule has 5 atom stereocenters. The molecule has 0 aliphatic carbocycles. The number of fused-ring (bicyclic) bond motifs is 2. The van der Waals surface area contributed by atoms with Crippen molar-refractivity contribution in [1.29, 1.82) is 0 Å². The van der Waals surface area contributed by atoms with Crippen molar-refractivity contribution in [2.45, 2.75) is 64.8 Å². The van der Waals surface area contributed by atoms with E-state index in [1.54, 1.807) is 23.1 Å². The van der Waals surface area contributed by atoms with Gasteiger partial charge in [0, 0.05) is 44.7 Å². The second kappa shape index (κ2) is 12.3. The average Bonchev–Trinajstić information content (AvgIpc) is 3.54. The molecule has 1 saturated heterocycles. The van der Waals surface area contributed by atoms with Gasteiger partial charge in [-0.25, -0.2) is 4.39 Å². The van der Waals surface area contributed by atoms with Crippen LogP contribution >= 0.6 is 0 Å². The molecule has 3 heterocycles. The maximum atomic E-state index is 15.4. The SMILES string of the molecule is CC(=O)OC[C@H]1O[C@@H](n2cc(Cc3ccc4occc4c3)c3c(F)cccc32)[C@H](OC(C)=O)[C@@H](OC(C)=O)[C@@H]1OC(C)=O. The lowest BCUT2D eigenvalue weighted by molar-refractivity contribution is -0.267. The Morgan fingerprint density at radius 2 is 1.56 bits per heavy atom. The fourth-order valence-corrected chi connectivity index (χ4v) is 5.47. The Morgan fingerprint density at radius 1 is 0.860 bits per heavy atom. The normalized spacial score (nSPS) is 21.8. The van der Waals surface area contributed by atoms with Crippen molar-refractivity contribution < 1.29 is 51.7 Å². The van der Waals surface area contributed by atoms with E-state index in [-0.39, 0.29) is 6.61 Å². The molecule has 11 nitrogen and oxygen atoms in total. The number of carbonyl (C=O) groups excluding carboxylic acids is 4. The molecule has 1 aliphatic rings. The van der Waals surface area contributed by atoms with Gasteiger partial charge in [0.2, 0.25) is 0 Å². The summed E-state index contributed by atoms with van der Waals surface area (Å²) in [4.78, 5) is 48.3. The van der Waals surface area contributed by atoms with Gasteiger partial charge < -0.3 is 32.7 Å². The molecule has 2 aromatic carbocycles. The maximum Gasteiger partial charge on any atom is 0.303 e. The first-order valence-corrected chi connectivity index (χ1v) is 13.6. The van der Waals surface area contributed by atoms with Gasteiger partial charge in [-0.3, -0.25) is 19.2 Å². The third-order valence-corrected chi connectivity index (χ3v) is 7.04. The summed E-state index contributed by atoms with van der Waals surface area (Å²) in [6.45, 7) is 4.28. The van der Waals surface area contributed by atoms with Crippen LogP contribution in [0.1, 0.15) is 45.0 Å². The predicted molar refractivity (Wildman–Crippen MR) is 148 cm³/mol. The lowest BCUT2D eigenvalue weighted by Crippen LogP contribution is -2.60. The molecule has 2 aromatic heterocycles. The number of halogens is 1. The molecule has 43 heavy (non-hydrogen) atoms. The smallest absolute Gasteiger partial charge is 0.303 e. The van der Waals surface area contributed by atoms with E-state index in [1.165, 1.54) is 26.0 Å². The van der Waals surface area contributed by atoms with E-state index >= 15 is 4.39 Å². The van der Waals surface area contributed by atoms with Crippen molar-refractivity contribution in [2.24, 2.45) is 0 Å². The minimum Gasteiger partial charge on any atom is -0.464 e. The fraction of sp³-hybridized carbons (Fsp3) is 0.355. The zero-order valence-corrected chi connectivity index (χ0v) is 23.9. The molecule has 0 radical (unpaired) electrons. The quantitative estimate of drug-likeness (QED) is 0.214. The zero-order chi connectivity index (χ0) is 30.8. The van der Waals surface area contributed by atoms with Crippen molar-refractivity contribution in [3.8, 4) is 0 Å². The topological polar surface area (TPSA) is 133 Å². The van der Waals surface area contributed by atoms with E-state index in [9.17, 15) is 19.2 Å². The lowest BCUT2D eigenvalue weighted by atomic mass is 9.97. The second-order valence-electron chi connectivity index (χ2n) is 10.3. The summed E-state index contributed by atoms with van der Waals surface area (Å²) < 4.78 is 50.6. The van der Waals surface area contributed by atoms with E-state index in [4.69, 9.17) is 28.1 Å². The van der Waals surface area contributed by atoms with E-state index in [2.05, 4.69) is 0 Å². The second-order valence-corrected chi connectivity index (χ2v) is 10.3. The molecule has 0 bridgehead atoms. The average molecular weight is 596 g/mol. The molecule has 4 aromatic rings. The van der Waals surface area contributed by atoms with Crippen LogP contribution < -0.4 is 0 Å². The van der Waals surface area contributed by atoms with Gasteiger partial charge >= 0.3 is 23.9 Å². The third kappa shape index (κ3) is 6.38. The molecule has 1 aliphatic heterocycles. The Balaban J connectivity index is 1.64. The van der Waals surface area contributed by atoms with Gasteiger partial charge in [-0.05, 0) is 47.9 Å². The van der Waals surface area contributed by atoms with E-state index < -0.39 is 60.3 Å². The van der Waals surface area contributed by atoms with Gasteiger partial charge in [-0.1, -0.05) is 12.1 Å². The molecule has 226 valence electrons. The molecular formula is C31H30FNO10. The molecule has 0 spiro atoms. The molecule has 0 amide bonds. The van der Waals surface area contributed by atoms with Crippen LogP contribution in [0, 0.1) is 5.82 Å². The Morgan fingerprint density at radius 3 is 2.26 bits per heavy atom. The molecule has 0 unspecified atom stereocenters. The van der Waals surface area contributed by atoms with Crippen molar-refractivity contribution >= 4 is 45.7 Å². The molecule has 5 rings (SSSR count). The molecular weight excluding hydrogens is 565 g/mol. The number of carbonyl (C=O) groups is 4. The van der Waals surface area contributed by atoms with Crippen LogP contribution in [0.15, 0.2) is 59.3 Å². The highest BCUT2D eigenvalue weighted by molar-refractivity contribution is 5.86. The van der Waals surface area contributed by atoms with E-state index in [0.717, 1.165) is 30.4 Å². The van der Waals surface area contributed by atoms with Crippen LogP contribution in [0.2, 0.25) is 0 Å². The van der Waals surface area contributed by atoms with Gasteiger partial charge in [-0.2, -0.15) is 0 Å². The Kier molecular flexibility index (Phi) is 8.49. The molecule has 0 N–H and O–H groups in total. The van der Waals surface area contributed by atoms with Crippen molar-refractivity contribution in [1.82, 2.24) is 4.57 Å². The number of hydrogen-bond donors (Lipinski definition) is 0. The number of aromatic nitrogens is 1. The number of nitrogens with zero attached hydrogens (tertiary/aromatic N) is 1. The van der Waals surface area contributed by atoms with Crippen molar-refractivity contribution in [3.63, 3.8) is 0 Å². The molecule has 1 fully saturated rings. The van der Waals surface area contributed by atoms with E-state index in [1.807, 2.05) is 24.3 Å². The van der Waals surface area contributed by atoms with Crippen molar-refractivity contribution in [2.75, 3.05) is 6.61 Å². The maximum absolute atomic E-state index is 15.4. The number of hydrogen-bond acceptors (Lipinski definition) is 10. The molecule has 0 saturated carbocycles. The van der Waals surface area contributed by atoms with Gasteiger partial charge in [0.1, 0.15) is 24.1 Å². The minimum atomic E-state index is -1.36. The summed E-state index contributed by atoms with van der Waals surface area (Å²) in [6.07, 6.45) is -2.77. The number of benzene rings is 2. The summed E-state index contributed by atoms with van der Waals surface area (Å²) >= 11 is 0. The lowest BCUT2D eigenvalue weighted by Gasteiger charge is -2.44. The van der Waals surface area contributed by atoms with Crippen LogP contribution in [0.3, 0.4) is 0 Å². The fourth-order valence-electron chi connectivity index (χ4n) is 5.47. The predicted octanol–water partition coefficient (Wildman–Crippen LogP) is 4.37. The van der Waals surface area contributed by atoms with Crippen LogP contribution in [-0.2, 0) is 49.3 Å². The summed E-state index contributed by atoms with van der Waals surface area (Å²) in [5.74, 6) is -3.32. The Bertz CT molecular complexity index is 1690. The van der Waals surface area contributed by atoms with Crippen molar-refractivity contribution in [3.05, 3.63) is 71.9 Å². The van der Waals surface area contributed by atoms with Crippen LogP contribution in [0.25, 0.3) is 21.9 Å². The monoisotopic (exact) mass is 595 g/mol. The third-order valence-electron chi connectivity index (χ3n) is 7.04. The van der Waals surface area contributed by atoms with Crippen LogP contribution in [-0.4, -0.2) is 59.5 Å². The minimum absolute atomic E-state index is 0.308. The van der Waals surface area contributed by atoms with Crippen LogP contribution in [0.4, 0.5) is 4.39 Å². The number of ether oxygens (including phenoxy) is 5. The highest BCUT2D eigenvalue weighted by atomic mass is 19.1. The summed E-state index contributed by atoms with van der Waals surface area (Å²) in [5, 5.41) is 1.20. The Hall–Kier alpha value is -4.71.